The number of carbonyl (C=O) groups is 1. The predicted molar refractivity (Wildman–Crippen MR) is 332 cm³/mol. The molecule has 17 unspecified atom stereocenters. The van der Waals surface area contributed by atoms with E-state index in [9.17, 15) is 61.0 Å². The van der Waals surface area contributed by atoms with Crippen LogP contribution in [-0.2, 0) is 33.2 Å². The minimum atomic E-state index is -1.99. The molecule has 1 amide bonds. The lowest BCUT2D eigenvalue weighted by molar-refractivity contribution is -0.379. The second-order valence-electron chi connectivity index (χ2n) is 23.9. The van der Waals surface area contributed by atoms with Gasteiger partial charge in [0.1, 0.15) is 73.2 Å². The number of rotatable bonds is 50. The van der Waals surface area contributed by atoms with Crippen molar-refractivity contribution in [2.75, 3.05) is 26.4 Å². The fraction of sp³-hybridized carbons (Fsp3) is 0.836. The monoisotopic (exact) mass is 1230 g/mol. The lowest BCUT2D eigenvalue weighted by atomic mass is 9.96. The van der Waals surface area contributed by atoms with Crippen LogP contribution < -0.4 is 5.32 Å². The summed E-state index contributed by atoms with van der Waals surface area (Å²) in [7, 11) is 0. The van der Waals surface area contributed by atoms with E-state index in [0.717, 1.165) is 77.0 Å². The van der Waals surface area contributed by atoms with Crippen molar-refractivity contribution in [3.05, 3.63) is 60.8 Å². The van der Waals surface area contributed by atoms with Crippen molar-refractivity contribution in [3.63, 3.8) is 0 Å². The Balaban J connectivity index is 1.45. The molecule has 19 heteroatoms. The topological polar surface area (TPSA) is 307 Å². The lowest BCUT2D eigenvalue weighted by Gasteiger charge is -2.48. The maximum Gasteiger partial charge on any atom is 0.220 e. The van der Waals surface area contributed by atoms with E-state index in [1.54, 1.807) is 6.08 Å². The Bertz CT molecular complexity index is 1800. The van der Waals surface area contributed by atoms with Gasteiger partial charge in [0, 0.05) is 6.42 Å². The van der Waals surface area contributed by atoms with Gasteiger partial charge in [-0.3, -0.25) is 4.79 Å². The van der Waals surface area contributed by atoms with Gasteiger partial charge < -0.3 is 89.9 Å². The summed E-state index contributed by atoms with van der Waals surface area (Å²) in [5.74, 6) is -0.306. The van der Waals surface area contributed by atoms with E-state index in [1.165, 1.54) is 116 Å². The molecule has 3 saturated heterocycles. The van der Waals surface area contributed by atoms with Crippen LogP contribution in [0.5, 0.6) is 0 Å². The molecule has 86 heavy (non-hydrogen) atoms. The van der Waals surface area contributed by atoms with Crippen molar-refractivity contribution >= 4 is 5.91 Å². The Morgan fingerprint density at radius 2 is 0.802 bits per heavy atom. The molecule has 3 heterocycles. The number of unbranched alkanes of at least 4 members (excludes halogenated alkanes) is 26. The Morgan fingerprint density at radius 3 is 1.28 bits per heavy atom. The number of amides is 1. The van der Waals surface area contributed by atoms with Crippen LogP contribution in [0.25, 0.3) is 0 Å². The van der Waals surface area contributed by atoms with E-state index >= 15 is 0 Å². The molecule has 0 aromatic rings. The van der Waals surface area contributed by atoms with Crippen molar-refractivity contribution in [1.29, 1.82) is 0 Å². The molecule has 0 bridgehead atoms. The first kappa shape index (κ1) is 77.7. The molecule has 0 aliphatic carbocycles. The van der Waals surface area contributed by atoms with Gasteiger partial charge in [-0.15, -0.1) is 0 Å². The smallest absolute Gasteiger partial charge is 0.220 e. The summed E-state index contributed by atoms with van der Waals surface area (Å²) in [5, 5.41) is 120. The van der Waals surface area contributed by atoms with Crippen molar-refractivity contribution in [2.45, 2.75) is 330 Å². The molecule has 0 saturated carbocycles. The Hall–Kier alpha value is -2.51. The number of aliphatic hydroxyl groups is 11. The van der Waals surface area contributed by atoms with Gasteiger partial charge in [0.25, 0.3) is 0 Å². The van der Waals surface area contributed by atoms with E-state index in [2.05, 4.69) is 67.8 Å². The van der Waals surface area contributed by atoms with Gasteiger partial charge in [0.15, 0.2) is 18.9 Å². The minimum absolute atomic E-state index is 0.213. The van der Waals surface area contributed by atoms with E-state index in [0.29, 0.717) is 12.8 Å². The first-order valence-corrected chi connectivity index (χ1v) is 33.5. The zero-order valence-electron chi connectivity index (χ0n) is 52.5. The van der Waals surface area contributed by atoms with Crippen LogP contribution in [0.4, 0.5) is 0 Å². The molecule has 0 radical (unpaired) electrons. The van der Waals surface area contributed by atoms with Crippen LogP contribution in [0.1, 0.15) is 226 Å². The third kappa shape index (κ3) is 31.5. The molecule has 12 N–H and O–H groups in total. The van der Waals surface area contributed by atoms with Crippen LogP contribution in [0, 0.1) is 0 Å². The van der Waals surface area contributed by atoms with Crippen molar-refractivity contribution in [2.24, 2.45) is 0 Å². The molecule has 3 aliphatic rings. The summed E-state index contributed by atoms with van der Waals surface area (Å²) in [6, 6.07) is -1.01. The van der Waals surface area contributed by atoms with Gasteiger partial charge in [0.05, 0.1) is 38.6 Å². The summed E-state index contributed by atoms with van der Waals surface area (Å²) < 4.78 is 34.2. The highest BCUT2D eigenvalue weighted by Gasteiger charge is 2.53. The molecule has 17 atom stereocenters. The maximum atomic E-state index is 13.3. The standard InChI is InChI=1S/C67H119NO18/c1-3-5-7-9-11-13-15-17-18-19-20-21-22-23-24-25-26-27-28-29-30-31-33-34-36-38-40-42-44-51(72)50(68-55(73)45-43-41-39-37-35-32-16-14-12-10-8-6-4-2)49-81-65-61(79)58(76)63(53(47-70)83-65)86-67-62(80)59(77)64(54(48-71)84-67)85-66-60(78)57(75)56(74)52(46-69)82-66/h8,10,14,16,29-30,34,36,42,44,50-54,56-67,69-72,74-80H,3-7,9,11-13,15,17-28,31-33,35,37-41,43,45-49H2,1-2H3,(H,68,73)/b10-8-,16-14-,30-29+,36-34+,44-42+. The summed E-state index contributed by atoms with van der Waals surface area (Å²) in [5.41, 5.74) is 0. The van der Waals surface area contributed by atoms with Gasteiger partial charge in [-0.2, -0.15) is 0 Å². The number of ether oxygens (including phenoxy) is 6. The number of allylic oxidation sites excluding steroid dienone is 9. The third-order valence-electron chi connectivity index (χ3n) is 16.5. The summed E-state index contributed by atoms with van der Waals surface area (Å²) >= 11 is 0. The SMILES string of the molecule is CCC/C=C\C/C=C\CCCCCCCC(=O)NC(COC1OC(CO)C(OC2OC(CO)C(OC3OC(CO)C(O)C(O)C3O)C(O)C2O)C(O)C1O)C(O)/C=C/CC/C=C/CC/C=C/CCCCCCCCCCCCCCCCCCCC. The molecule has 19 nitrogen and oxygen atoms in total. The van der Waals surface area contributed by atoms with Crippen LogP contribution in [0.3, 0.4) is 0 Å². The van der Waals surface area contributed by atoms with Crippen LogP contribution in [0.2, 0.25) is 0 Å². The second kappa shape index (κ2) is 49.2. The molecular weight excluding hydrogens is 1110 g/mol. The van der Waals surface area contributed by atoms with E-state index in [4.69, 9.17) is 28.4 Å². The van der Waals surface area contributed by atoms with E-state index < -0.39 is 124 Å². The summed E-state index contributed by atoms with van der Waals surface area (Å²) in [6.07, 6.45) is 32.2. The fourth-order valence-corrected chi connectivity index (χ4v) is 11.0. The average Bonchev–Trinajstić information content (AvgIpc) is 2.26. The molecule has 500 valence electrons. The first-order chi connectivity index (χ1) is 41.8. The number of nitrogens with one attached hydrogen (secondary N) is 1. The van der Waals surface area contributed by atoms with Crippen LogP contribution >= 0.6 is 0 Å². The Kier molecular flexibility index (Phi) is 44.5. The quantitative estimate of drug-likeness (QED) is 0.0203. The normalized spacial score (nSPS) is 29.2. The van der Waals surface area contributed by atoms with Gasteiger partial charge in [-0.1, -0.05) is 209 Å². The van der Waals surface area contributed by atoms with Crippen LogP contribution in [-0.4, -0.2) is 193 Å². The van der Waals surface area contributed by atoms with Gasteiger partial charge in [-0.05, 0) is 70.6 Å². The highest BCUT2D eigenvalue weighted by atomic mass is 16.8. The molecule has 3 aliphatic heterocycles. The largest absolute Gasteiger partial charge is 0.394 e. The molecule has 3 fully saturated rings. The van der Waals surface area contributed by atoms with Gasteiger partial charge >= 0.3 is 0 Å². The maximum absolute atomic E-state index is 13.3. The Morgan fingerprint density at radius 1 is 0.419 bits per heavy atom. The lowest BCUT2D eigenvalue weighted by Crippen LogP contribution is -2.66. The van der Waals surface area contributed by atoms with E-state index in [1.807, 2.05) is 6.08 Å². The van der Waals surface area contributed by atoms with Crippen molar-refractivity contribution < 1.29 is 89.4 Å². The summed E-state index contributed by atoms with van der Waals surface area (Å²) in [4.78, 5) is 13.3. The molecular formula is C67H119NO18. The fourth-order valence-electron chi connectivity index (χ4n) is 11.0. The molecule has 0 spiro atoms. The van der Waals surface area contributed by atoms with Crippen molar-refractivity contribution in [1.82, 2.24) is 5.32 Å². The molecule has 3 rings (SSSR count). The third-order valence-corrected chi connectivity index (χ3v) is 16.5. The first-order valence-electron chi connectivity index (χ1n) is 33.5. The average molecular weight is 1230 g/mol. The highest BCUT2D eigenvalue weighted by Crippen LogP contribution is 2.33. The van der Waals surface area contributed by atoms with Crippen molar-refractivity contribution in [3.8, 4) is 0 Å². The number of hydrogen-bond donors (Lipinski definition) is 12. The molecule has 0 aromatic carbocycles. The van der Waals surface area contributed by atoms with E-state index in [-0.39, 0.29) is 18.9 Å². The minimum Gasteiger partial charge on any atom is -0.394 e. The van der Waals surface area contributed by atoms with Crippen LogP contribution in [0.15, 0.2) is 60.8 Å². The predicted octanol–water partition coefficient (Wildman–Crippen LogP) is 7.99. The van der Waals surface area contributed by atoms with Gasteiger partial charge in [0.2, 0.25) is 5.91 Å². The zero-order valence-corrected chi connectivity index (χ0v) is 52.5. The number of hydrogen-bond acceptors (Lipinski definition) is 18. The second-order valence-corrected chi connectivity index (χ2v) is 23.9. The summed E-state index contributed by atoms with van der Waals surface area (Å²) in [6.45, 7) is 1.62. The number of aliphatic hydroxyl groups excluding tert-OH is 11. The molecule has 0 aromatic heterocycles. The highest BCUT2D eigenvalue weighted by molar-refractivity contribution is 5.76. The zero-order chi connectivity index (χ0) is 62.6. The number of carbonyl (C=O) groups excluding carboxylic acids is 1. The van der Waals surface area contributed by atoms with Gasteiger partial charge in [-0.25, -0.2) is 0 Å². The Labute approximate surface area is 515 Å².